The molecule has 0 spiro atoms. The molecule has 8 aromatic rings. The smallest absolute Gasteiger partial charge is 0.138 e. The second-order valence-electron chi connectivity index (χ2n) is 9.32. The summed E-state index contributed by atoms with van der Waals surface area (Å²) < 4.78 is 2.20. The normalized spacial score (nSPS) is 11.8. The first-order chi connectivity index (χ1) is 18.3. The van der Waals surface area contributed by atoms with Crippen molar-refractivity contribution in [2.24, 2.45) is 0 Å². The van der Waals surface area contributed by atoms with Gasteiger partial charge in [0.2, 0.25) is 0 Å². The van der Waals surface area contributed by atoms with Crippen molar-refractivity contribution in [3.8, 4) is 22.4 Å². The number of rotatable bonds is 2. The highest BCUT2D eigenvalue weighted by Crippen LogP contribution is 2.37. The van der Waals surface area contributed by atoms with E-state index in [1.54, 1.807) is 0 Å². The molecule has 0 aliphatic heterocycles. The zero-order valence-corrected chi connectivity index (χ0v) is 19.8. The second kappa shape index (κ2) is 7.70. The van der Waals surface area contributed by atoms with Crippen LogP contribution in [0.5, 0.6) is 0 Å². The molecule has 0 aliphatic carbocycles. The van der Waals surface area contributed by atoms with E-state index >= 15 is 0 Å². The molecule has 4 nitrogen and oxygen atoms in total. The van der Waals surface area contributed by atoms with Crippen LogP contribution in [0.4, 0.5) is 0 Å². The van der Waals surface area contributed by atoms with E-state index in [-0.39, 0.29) is 0 Å². The van der Waals surface area contributed by atoms with E-state index in [0.717, 1.165) is 66.2 Å². The van der Waals surface area contributed by atoms with Gasteiger partial charge in [-0.05, 0) is 35.9 Å². The van der Waals surface area contributed by atoms with Crippen molar-refractivity contribution >= 4 is 49.4 Å². The van der Waals surface area contributed by atoms with Gasteiger partial charge in [0.15, 0.2) is 0 Å². The average molecular weight is 473 g/mol. The largest absolute Gasteiger partial charge is 0.297 e. The van der Waals surface area contributed by atoms with Gasteiger partial charge in [-0.1, -0.05) is 84.9 Å². The maximum absolute atomic E-state index is 5.13. The Morgan fingerprint density at radius 3 is 1.76 bits per heavy atom. The van der Waals surface area contributed by atoms with Gasteiger partial charge in [-0.25, -0.2) is 15.0 Å². The van der Waals surface area contributed by atoms with Crippen molar-refractivity contribution in [1.82, 2.24) is 19.4 Å². The number of para-hydroxylation sites is 3. The van der Waals surface area contributed by atoms with Crippen LogP contribution in [0.3, 0.4) is 0 Å². The molecule has 0 saturated heterocycles. The van der Waals surface area contributed by atoms with Gasteiger partial charge in [-0.15, -0.1) is 0 Å². The van der Waals surface area contributed by atoms with Gasteiger partial charge in [0.05, 0.1) is 27.8 Å². The second-order valence-corrected chi connectivity index (χ2v) is 9.32. The highest BCUT2D eigenvalue weighted by atomic mass is 15.0. The Bertz CT molecular complexity index is 2090. The van der Waals surface area contributed by atoms with Crippen molar-refractivity contribution < 1.29 is 0 Å². The molecule has 37 heavy (non-hydrogen) atoms. The molecule has 0 radical (unpaired) electrons. The Morgan fingerprint density at radius 2 is 1.05 bits per heavy atom. The van der Waals surface area contributed by atoms with Crippen LogP contribution < -0.4 is 0 Å². The fraction of sp³-hybridized carbons (Fsp3) is 0. The minimum absolute atomic E-state index is 0.900. The molecule has 0 unspecified atom stereocenters. The van der Waals surface area contributed by atoms with Crippen LogP contribution in [-0.4, -0.2) is 19.4 Å². The maximum atomic E-state index is 5.13. The molecule has 4 heteroatoms. The Balaban J connectivity index is 1.52. The third-order valence-electron chi connectivity index (χ3n) is 7.16. The lowest BCUT2D eigenvalue weighted by Crippen LogP contribution is -1.94. The summed E-state index contributed by atoms with van der Waals surface area (Å²) in [7, 11) is 0. The number of hydrogen-bond donors (Lipinski definition) is 0. The van der Waals surface area contributed by atoms with E-state index in [9.17, 15) is 0 Å². The summed E-state index contributed by atoms with van der Waals surface area (Å²) >= 11 is 0. The molecule has 0 amide bonds. The molecular weight excluding hydrogens is 452 g/mol. The minimum Gasteiger partial charge on any atom is -0.297 e. The molecule has 172 valence electrons. The third kappa shape index (κ3) is 2.99. The highest BCUT2D eigenvalue weighted by molar-refractivity contribution is 6.11. The fourth-order valence-electron chi connectivity index (χ4n) is 5.50. The Labute approximate surface area is 212 Å². The molecule has 0 bridgehead atoms. The number of imidazole rings is 1. The van der Waals surface area contributed by atoms with Crippen LogP contribution in [0.15, 0.2) is 121 Å². The van der Waals surface area contributed by atoms with E-state index in [4.69, 9.17) is 15.0 Å². The van der Waals surface area contributed by atoms with Crippen LogP contribution >= 0.6 is 0 Å². The summed E-state index contributed by atoms with van der Waals surface area (Å²) in [5.41, 5.74) is 10.1. The zero-order valence-electron chi connectivity index (χ0n) is 19.8. The molecule has 4 aromatic heterocycles. The van der Waals surface area contributed by atoms with Gasteiger partial charge in [-0.3, -0.25) is 4.40 Å². The molecule has 4 aromatic carbocycles. The maximum Gasteiger partial charge on any atom is 0.138 e. The summed E-state index contributed by atoms with van der Waals surface area (Å²) in [6.45, 7) is 0. The van der Waals surface area contributed by atoms with Gasteiger partial charge in [0.25, 0.3) is 0 Å². The third-order valence-corrected chi connectivity index (χ3v) is 7.16. The summed E-state index contributed by atoms with van der Waals surface area (Å²) in [5.74, 6) is 0. The van der Waals surface area contributed by atoms with Crippen LogP contribution in [0, 0.1) is 0 Å². The fourth-order valence-corrected chi connectivity index (χ4v) is 5.50. The first-order valence-electron chi connectivity index (χ1n) is 12.4. The summed E-state index contributed by atoms with van der Waals surface area (Å²) in [6.07, 6.45) is 2.21. The van der Waals surface area contributed by atoms with Crippen molar-refractivity contribution in [2.45, 2.75) is 0 Å². The SMILES string of the molecule is c1ccc(-c2nc3ccccc3c3nc4ccc(-c5c6ccccc6nc6ccccc56)cn4c23)cc1. The molecule has 0 saturated carbocycles. The van der Waals surface area contributed by atoms with Crippen molar-refractivity contribution in [3.05, 3.63) is 121 Å². The quantitative estimate of drug-likeness (QED) is 0.239. The number of benzene rings is 4. The van der Waals surface area contributed by atoms with E-state index in [2.05, 4.69) is 102 Å². The van der Waals surface area contributed by atoms with Crippen LogP contribution in [0.2, 0.25) is 0 Å². The van der Waals surface area contributed by atoms with E-state index < -0.39 is 0 Å². The Hall–Kier alpha value is -5.09. The van der Waals surface area contributed by atoms with Crippen LogP contribution in [0.1, 0.15) is 0 Å². The zero-order chi connectivity index (χ0) is 24.3. The van der Waals surface area contributed by atoms with Crippen LogP contribution in [-0.2, 0) is 0 Å². The predicted octanol–water partition coefficient (Wildman–Crippen LogP) is 8.07. The molecule has 0 atom stereocenters. The monoisotopic (exact) mass is 472 g/mol. The van der Waals surface area contributed by atoms with Crippen molar-refractivity contribution in [1.29, 1.82) is 0 Å². The summed E-state index contributed by atoms with van der Waals surface area (Å²) in [6, 6.07) is 39.7. The molecule has 0 fully saturated rings. The lowest BCUT2D eigenvalue weighted by atomic mass is 9.97. The van der Waals surface area contributed by atoms with Gasteiger partial charge < -0.3 is 0 Å². The number of fused-ring (bicyclic) bond motifs is 7. The summed E-state index contributed by atoms with van der Waals surface area (Å²) in [4.78, 5) is 15.2. The first kappa shape index (κ1) is 20.1. The number of pyridine rings is 3. The van der Waals surface area contributed by atoms with E-state index in [0.29, 0.717) is 0 Å². The number of aromatic nitrogens is 4. The molecular formula is C33H20N4. The Kier molecular flexibility index (Phi) is 4.19. The first-order valence-corrected chi connectivity index (χ1v) is 12.4. The van der Waals surface area contributed by atoms with Gasteiger partial charge >= 0.3 is 0 Å². The standard InChI is InChI=1S/C33H20N4/c1-2-10-21(11-3-1)31-33-32(25-14-6-9-17-28(25)35-31)36-29-19-18-22(20-37(29)33)30-23-12-4-7-15-26(23)34-27-16-8-5-13-24(27)30/h1-20H. The predicted molar refractivity (Wildman–Crippen MR) is 152 cm³/mol. The molecule has 8 rings (SSSR count). The number of nitrogens with zero attached hydrogens (tertiary/aromatic N) is 4. The van der Waals surface area contributed by atoms with E-state index in [1.807, 2.05) is 24.3 Å². The Morgan fingerprint density at radius 1 is 0.459 bits per heavy atom. The van der Waals surface area contributed by atoms with Crippen molar-refractivity contribution in [2.75, 3.05) is 0 Å². The molecule has 0 N–H and O–H groups in total. The highest BCUT2D eigenvalue weighted by Gasteiger charge is 2.18. The molecule has 0 aliphatic rings. The topological polar surface area (TPSA) is 43.1 Å². The average Bonchev–Trinajstić information content (AvgIpc) is 3.35. The lowest BCUT2D eigenvalue weighted by molar-refractivity contribution is 1.22. The lowest BCUT2D eigenvalue weighted by Gasteiger charge is -2.12. The van der Waals surface area contributed by atoms with Crippen LogP contribution in [0.25, 0.3) is 71.8 Å². The van der Waals surface area contributed by atoms with Crippen molar-refractivity contribution in [3.63, 3.8) is 0 Å². The minimum atomic E-state index is 0.900. The van der Waals surface area contributed by atoms with E-state index in [1.165, 1.54) is 5.56 Å². The molecule has 4 heterocycles. The summed E-state index contributed by atoms with van der Waals surface area (Å²) in [5, 5.41) is 3.33. The van der Waals surface area contributed by atoms with Gasteiger partial charge in [0.1, 0.15) is 11.2 Å². The van der Waals surface area contributed by atoms with Gasteiger partial charge in [0, 0.05) is 33.5 Å². The van der Waals surface area contributed by atoms with Gasteiger partial charge in [-0.2, -0.15) is 0 Å². The number of hydrogen-bond acceptors (Lipinski definition) is 3.